The molecule has 1 fully saturated rings. The van der Waals surface area contributed by atoms with Crippen LogP contribution in [-0.4, -0.2) is 42.1 Å². The van der Waals surface area contributed by atoms with E-state index in [1.54, 1.807) is 17.4 Å². The van der Waals surface area contributed by atoms with E-state index in [0.29, 0.717) is 5.11 Å². The lowest BCUT2D eigenvalue weighted by atomic mass is 10.3. The van der Waals surface area contributed by atoms with E-state index in [2.05, 4.69) is 21.3 Å². The Bertz CT molecular complexity index is 707. The molecule has 2 aromatic rings. The summed E-state index contributed by atoms with van der Waals surface area (Å²) in [4.78, 5) is 20.5. The normalized spacial score (nSPS) is 14.8. The minimum absolute atomic E-state index is 0.188. The maximum Gasteiger partial charge on any atom is 0.274 e. The van der Waals surface area contributed by atoms with Gasteiger partial charge in [0, 0.05) is 17.0 Å². The third-order valence-electron chi connectivity index (χ3n) is 3.77. The zero-order valence-corrected chi connectivity index (χ0v) is 14.8. The van der Waals surface area contributed by atoms with Gasteiger partial charge in [0.25, 0.3) is 5.82 Å². The van der Waals surface area contributed by atoms with Gasteiger partial charge in [-0.1, -0.05) is 12.1 Å². The fourth-order valence-corrected chi connectivity index (χ4v) is 3.40. The van der Waals surface area contributed by atoms with Gasteiger partial charge in [0.15, 0.2) is 5.11 Å². The number of nitrogens with zero attached hydrogens (tertiary/aromatic N) is 2. The van der Waals surface area contributed by atoms with Crippen LogP contribution in [-0.2, 0) is 4.79 Å². The number of aromatic nitrogens is 1. The van der Waals surface area contributed by atoms with Crippen LogP contribution in [0.25, 0.3) is 6.08 Å². The van der Waals surface area contributed by atoms with Crippen LogP contribution in [0.5, 0.6) is 0 Å². The molecule has 0 unspecified atom stereocenters. The first kappa shape index (κ1) is 16.6. The van der Waals surface area contributed by atoms with Crippen LogP contribution in [0.2, 0.25) is 0 Å². The van der Waals surface area contributed by atoms with Crippen LogP contribution in [0.3, 0.4) is 0 Å². The van der Waals surface area contributed by atoms with E-state index in [1.807, 2.05) is 40.7 Å². The van der Waals surface area contributed by atoms with Crippen molar-refractivity contribution >= 4 is 46.5 Å². The number of thiocarbonyl (C=S) groups is 1. The number of pyridine rings is 1. The van der Waals surface area contributed by atoms with Gasteiger partial charge in [-0.2, -0.15) is 0 Å². The van der Waals surface area contributed by atoms with Crippen molar-refractivity contribution in [1.82, 2.24) is 10.2 Å². The lowest BCUT2D eigenvalue weighted by molar-refractivity contribution is -0.364. The molecule has 0 aromatic carbocycles. The summed E-state index contributed by atoms with van der Waals surface area (Å²) in [5, 5.41) is 5.25. The van der Waals surface area contributed by atoms with E-state index in [1.165, 1.54) is 6.08 Å². The van der Waals surface area contributed by atoms with Gasteiger partial charge >= 0.3 is 0 Å². The average Bonchev–Trinajstić information content (AvgIpc) is 3.14. The second-order valence-electron chi connectivity index (χ2n) is 5.37. The molecule has 7 heteroatoms. The van der Waals surface area contributed by atoms with Gasteiger partial charge in [-0.25, -0.2) is 4.98 Å². The number of hydrogen-bond donors (Lipinski definition) is 1. The number of carbonyl (C=O) groups excluding carboxylic acids is 1. The molecule has 1 amide bonds. The van der Waals surface area contributed by atoms with Gasteiger partial charge in [-0.3, -0.25) is 15.0 Å². The monoisotopic (exact) mass is 359 g/mol. The summed E-state index contributed by atoms with van der Waals surface area (Å²) in [7, 11) is 0. The smallest absolute Gasteiger partial charge is 0.274 e. The Morgan fingerprint density at radius 1 is 1.21 bits per heavy atom. The van der Waals surface area contributed by atoms with Gasteiger partial charge in [0.2, 0.25) is 5.91 Å². The third-order valence-corrected chi connectivity index (χ3v) is 4.97. The van der Waals surface area contributed by atoms with Crippen molar-refractivity contribution in [2.24, 2.45) is 0 Å². The molecule has 24 heavy (non-hydrogen) atoms. The molecular formula is C17H19N4OS2+. The SMILES string of the molecule is O=C(C=Cc1cccs1)NC(=S)N1CCN(c2cccc[nH+]2)CC1. The number of amides is 1. The van der Waals surface area contributed by atoms with E-state index in [4.69, 9.17) is 12.2 Å². The van der Waals surface area contributed by atoms with Crippen molar-refractivity contribution in [1.29, 1.82) is 0 Å². The van der Waals surface area contributed by atoms with E-state index < -0.39 is 0 Å². The Hall–Kier alpha value is -2.25. The first-order chi connectivity index (χ1) is 11.7. The molecular weight excluding hydrogens is 340 g/mol. The fraction of sp³-hybridized carbons (Fsp3) is 0.235. The summed E-state index contributed by atoms with van der Waals surface area (Å²) in [6.45, 7) is 3.30. The molecule has 3 heterocycles. The largest absolute Gasteiger partial charge is 0.341 e. The minimum atomic E-state index is -0.188. The molecule has 3 rings (SSSR count). The lowest BCUT2D eigenvalue weighted by Crippen LogP contribution is -2.53. The minimum Gasteiger partial charge on any atom is -0.341 e. The summed E-state index contributed by atoms with van der Waals surface area (Å²) in [6, 6.07) is 9.96. The van der Waals surface area contributed by atoms with Gasteiger partial charge in [0.1, 0.15) is 13.1 Å². The number of anilines is 1. The molecule has 1 saturated heterocycles. The maximum atomic E-state index is 12.0. The Kier molecular flexibility index (Phi) is 5.55. The van der Waals surface area contributed by atoms with Gasteiger partial charge in [-0.15, -0.1) is 11.3 Å². The number of piperazine rings is 1. The molecule has 2 N–H and O–H groups in total. The summed E-state index contributed by atoms with van der Waals surface area (Å²) >= 11 is 6.95. The van der Waals surface area contributed by atoms with Crippen LogP contribution in [0, 0.1) is 0 Å². The molecule has 124 valence electrons. The molecule has 0 spiro atoms. The highest BCUT2D eigenvalue weighted by Crippen LogP contribution is 2.11. The summed E-state index contributed by atoms with van der Waals surface area (Å²) < 4.78 is 0. The van der Waals surface area contributed by atoms with Crippen molar-refractivity contribution in [2.45, 2.75) is 0 Å². The molecule has 5 nitrogen and oxygen atoms in total. The fourth-order valence-electron chi connectivity index (χ4n) is 2.50. The lowest BCUT2D eigenvalue weighted by Gasteiger charge is -2.32. The topological polar surface area (TPSA) is 49.7 Å². The maximum absolute atomic E-state index is 12.0. The standard InChI is InChI=1S/C17H18N4OS2/c22-16(7-6-14-4-3-13-24-14)19-17(23)21-11-9-20(10-12-21)15-5-1-2-8-18-15/h1-8,13H,9-12H2,(H,19,22,23)/p+1. The summed E-state index contributed by atoms with van der Waals surface area (Å²) in [5.74, 6) is 0.915. The van der Waals surface area contributed by atoms with Crippen LogP contribution in [0.4, 0.5) is 5.82 Å². The zero-order chi connectivity index (χ0) is 16.8. The summed E-state index contributed by atoms with van der Waals surface area (Å²) in [5.41, 5.74) is 0. The number of hydrogen-bond acceptors (Lipinski definition) is 4. The molecule has 0 bridgehead atoms. The molecule has 2 aromatic heterocycles. The number of H-pyrrole nitrogens is 1. The van der Waals surface area contributed by atoms with Gasteiger partial charge in [-0.05, 0) is 35.8 Å². The van der Waals surface area contributed by atoms with Crippen LogP contribution >= 0.6 is 23.6 Å². The van der Waals surface area contributed by atoms with Crippen molar-refractivity contribution in [3.8, 4) is 0 Å². The van der Waals surface area contributed by atoms with Crippen LogP contribution in [0.1, 0.15) is 4.88 Å². The predicted octanol–water partition coefficient (Wildman–Crippen LogP) is 1.80. The number of nitrogens with one attached hydrogen (secondary N) is 2. The van der Waals surface area contributed by atoms with Crippen molar-refractivity contribution in [3.63, 3.8) is 0 Å². The van der Waals surface area contributed by atoms with Gasteiger partial charge in [0.05, 0.1) is 19.3 Å². The highest BCUT2D eigenvalue weighted by molar-refractivity contribution is 7.80. The molecule has 0 atom stereocenters. The van der Waals surface area contributed by atoms with Crippen LogP contribution in [0.15, 0.2) is 48.0 Å². The molecule has 1 aliphatic rings. The number of rotatable bonds is 3. The Morgan fingerprint density at radius 2 is 2.04 bits per heavy atom. The van der Waals surface area contributed by atoms with Crippen molar-refractivity contribution in [2.75, 3.05) is 31.1 Å². The highest BCUT2D eigenvalue weighted by Gasteiger charge is 2.24. The summed E-state index contributed by atoms with van der Waals surface area (Å²) in [6.07, 6.45) is 5.24. The number of thiophene rings is 1. The van der Waals surface area contributed by atoms with Gasteiger partial charge < -0.3 is 4.90 Å². The van der Waals surface area contributed by atoms with E-state index in [0.717, 1.165) is 36.9 Å². The van der Waals surface area contributed by atoms with E-state index in [9.17, 15) is 4.79 Å². The number of carbonyl (C=O) groups is 1. The van der Waals surface area contributed by atoms with Crippen molar-refractivity contribution in [3.05, 3.63) is 52.9 Å². The molecule has 0 radical (unpaired) electrons. The Balaban J connectivity index is 1.47. The first-order valence-corrected chi connectivity index (χ1v) is 9.04. The Labute approximate surface area is 150 Å². The van der Waals surface area contributed by atoms with Crippen LogP contribution < -0.4 is 15.2 Å². The zero-order valence-electron chi connectivity index (χ0n) is 13.1. The third kappa shape index (κ3) is 4.39. The van der Waals surface area contributed by atoms with Crippen molar-refractivity contribution < 1.29 is 9.78 Å². The highest BCUT2D eigenvalue weighted by atomic mass is 32.1. The van der Waals surface area contributed by atoms with E-state index >= 15 is 0 Å². The molecule has 0 saturated carbocycles. The van der Waals surface area contributed by atoms with E-state index in [-0.39, 0.29) is 5.91 Å². The molecule has 1 aliphatic heterocycles. The quantitative estimate of drug-likeness (QED) is 0.671. The average molecular weight is 360 g/mol. The second-order valence-corrected chi connectivity index (χ2v) is 6.73. The predicted molar refractivity (Wildman–Crippen MR) is 101 cm³/mol. The molecule has 0 aliphatic carbocycles. The second kappa shape index (κ2) is 8.03. The first-order valence-electron chi connectivity index (χ1n) is 7.75. The number of aromatic amines is 1. The Morgan fingerprint density at radius 3 is 2.71 bits per heavy atom.